The van der Waals surface area contributed by atoms with Crippen LogP contribution >= 0.6 is 0 Å². The minimum Gasteiger partial charge on any atom is -0.379 e. The summed E-state index contributed by atoms with van der Waals surface area (Å²) in [5, 5.41) is 4.39. The molecular formula is C8H13N3O. The monoisotopic (exact) mass is 167 g/mol. The fourth-order valence-corrected chi connectivity index (χ4v) is 1.38. The first-order valence-electron chi connectivity index (χ1n) is 4.24. The highest BCUT2D eigenvalue weighted by molar-refractivity contribution is 5.56. The van der Waals surface area contributed by atoms with Crippen molar-refractivity contribution in [2.75, 3.05) is 32.8 Å². The number of hydrogen-bond donors (Lipinski definition) is 0. The number of hydrazine groups is 1. The molecule has 4 heteroatoms. The van der Waals surface area contributed by atoms with E-state index in [-0.39, 0.29) is 0 Å². The third-order valence-corrected chi connectivity index (χ3v) is 2.03. The van der Waals surface area contributed by atoms with Gasteiger partial charge in [-0.3, -0.25) is 5.01 Å². The summed E-state index contributed by atoms with van der Waals surface area (Å²) in [6.07, 6.45) is 5.75. The molecule has 12 heavy (non-hydrogen) atoms. The van der Waals surface area contributed by atoms with Crippen LogP contribution in [0.4, 0.5) is 0 Å². The number of rotatable bonds is 1. The fourth-order valence-electron chi connectivity index (χ4n) is 1.38. The summed E-state index contributed by atoms with van der Waals surface area (Å²) < 4.78 is 5.26. The second-order valence-corrected chi connectivity index (χ2v) is 2.84. The maximum atomic E-state index is 5.26. The Kier molecular flexibility index (Phi) is 2.39. The van der Waals surface area contributed by atoms with Gasteiger partial charge in [0.05, 0.1) is 19.8 Å². The Bertz CT molecular complexity index is 196. The lowest BCUT2D eigenvalue weighted by Gasteiger charge is -2.35. The Morgan fingerprint density at radius 1 is 1.25 bits per heavy atom. The first-order chi connectivity index (χ1) is 5.97. The summed E-state index contributed by atoms with van der Waals surface area (Å²) in [5.74, 6) is 0. The quantitative estimate of drug-likeness (QED) is 0.554. The lowest BCUT2D eigenvalue weighted by molar-refractivity contribution is -0.0430. The van der Waals surface area contributed by atoms with Gasteiger partial charge in [0.15, 0.2) is 0 Å². The average molecular weight is 167 g/mol. The van der Waals surface area contributed by atoms with Crippen molar-refractivity contribution in [3.63, 3.8) is 0 Å². The lowest BCUT2D eigenvalue weighted by atomic mass is 10.4. The zero-order valence-corrected chi connectivity index (χ0v) is 7.02. The molecule has 0 atom stereocenters. The van der Waals surface area contributed by atoms with Crippen LogP contribution in [0.5, 0.6) is 0 Å². The Labute approximate surface area is 72.1 Å². The van der Waals surface area contributed by atoms with Crippen molar-refractivity contribution in [2.24, 2.45) is 4.99 Å². The Morgan fingerprint density at radius 3 is 2.75 bits per heavy atom. The minimum absolute atomic E-state index is 0.827. The van der Waals surface area contributed by atoms with Crippen LogP contribution in [0.1, 0.15) is 0 Å². The van der Waals surface area contributed by atoms with E-state index in [9.17, 15) is 0 Å². The van der Waals surface area contributed by atoms with Crippen LogP contribution in [0.2, 0.25) is 0 Å². The predicted octanol–water partition coefficient (Wildman–Crippen LogP) is 0.0912. The van der Waals surface area contributed by atoms with Crippen molar-refractivity contribution >= 4 is 6.34 Å². The van der Waals surface area contributed by atoms with E-state index in [4.69, 9.17) is 4.74 Å². The molecular weight excluding hydrogens is 154 g/mol. The summed E-state index contributed by atoms with van der Waals surface area (Å²) in [4.78, 5) is 4.07. The fraction of sp³-hybridized carbons (Fsp3) is 0.625. The third kappa shape index (κ3) is 1.65. The molecule has 2 aliphatic rings. The van der Waals surface area contributed by atoms with Crippen LogP contribution in [0.15, 0.2) is 17.3 Å². The summed E-state index contributed by atoms with van der Waals surface area (Å²) >= 11 is 0. The molecule has 0 amide bonds. The molecule has 0 aliphatic carbocycles. The maximum absolute atomic E-state index is 5.26. The lowest BCUT2D eigenvalue weighted by Crippen LogP contribution is -2.48. The van der Waals surface area contributed by atoms with Crippen molar-refractivity contribution in [1.82, 2.24) is 10.0 Å². The zero-order valence-electron chi connectivity index (χ0n) is 7.02. The van der Waals surface area contributed by atoms with E-state index in [2.05, 4.69) is 21.1 Å². The Morgan fingerprint density at radius 2 is 2.08 bits per heavy atom. The van der Waals surface area contributed by atoms with Gasteiger partial charge >= 0.3 is 0 Å². The summed E-state index contributed by atoms with van der Waals surface area (Å²) in [6.45, 7) is 4.53. The molecule has 0 radical (unpaired) electrons. The molecule has 0 aromatic heterocycles. The molecule has 4 nitrogen and oxygen atoms in total. The van der Waals surface area contributed by atoms with E-state index in [0.29, 0.717) is 0 Å². The second kappa shape index (κ2) is 3.69. The second-order valence-electron chi connectivity index (χ2n) is 2.84. The third-order valence-electron chi connectivity index (χ3n) is 2.03. The Hall–Kier alpha value is -0.870. The van der Waals surface area contributed by atoms with Crippen molar-refractivity contribution < 1.29 is 4.74 Å². The number of morpholine rings is 1. The summed E-state index contributed by atoms with van der Waals surface area (Å²) in [5.41, 5.74) is 0. The molecule has 2 rings (SSSR count). The van der Waals surface area contributed by atoms with Gasteiger partial charge in [-0.2, -0.15) is 0 Å². The predicted molar refractivity (Wildman–Crippen MR) is 46.7 cm³/mol. The molecule has 0 aromatic carbocycles. The molecule has 1 fully saturated rings. The SMILES string of the molecule is C1=CN=CN(N2CCOCC2)C1. The van der Waals surface area contributed by atoms with Crippen LogP contribution in [-0.4, -0.2) is 49.2 Å². The van der Waals surface area contributed by atoms with E-state index in [0.717, 1.165) is 32.8 Å². The molecule has 0 saturated carbocycles. The summed E-state index contributed by atoms with van der Waals surface area (Å²) in [7, 11) is 0. The number of ether oxygens (including phenoxy) is 1. The van der Waals surface area contributed by atoms with Crippen LogP contribution in [0.3, 0.4) is 0 Å². The molecule has 0 aromatic rings. The average Bonchev–Trinajstić information content (AvgIpc) is 2.21. The van der Waals surface area contributed by atoms with Gasteiger partial charge in [-0.15, -0.1) is 0 Å². The smallest absolute Gasteiger partial charge is 0.105 e. The van der Waals surface area contributed by atoms with E-state index in [1.807, 2.05) is 12.5 Å². The molecule has 2 aliphatic heterocycles. The van der Waals surface area contributed by atoms with E-state index < -0.39 is 0 Å². The Balaban J connectivity index is 1.90. The normalized spacial score (nSPS) is 24.8. The van der Waals surface area contributed by atoms with Crippen molar-refractivity contribution in [3.05, 3.63) is 12.3 Å². The van der Waals surface area contributed by atoms with Crippen molar-refractivity contribution in [3.8, 4) is 0 Å². The molecule has 0 N–H and O–H groups in total. The minimum atomic E-state index is 0.827. The summed E-state index contributed by atoms with van der Waals surface area (Å²) in [6, 6.07) is 0. The molecule has 66 valence electrons. The van der Waals surface area contributed by atoms with E-state index >= 15 is 0 Å². The van der Waals surface area contributed by atoms with Crippen molar-refractivity contribution in [2.45, 2.75) is 0 Å². The number of aliphatic imine (C=N–C) groups is 1. The highest BCUT2D eigenvalue weighted by Gasteiger charge is 2.15. The maximum Gasteiger partial charge on any atom is 0.105 e. The number of nitrogens with zero attached hydrogens (tertiary/aromatic N) is 3. The topological polar surface area (TPSA) is 28.1 Å². The molecule has 0 unspecified atom stereocenters. The zero-order chi connectivity index (χ0) is 8.23. The van der Waals surface area contributed by atoms with Gasteiger partial charge < -0.3 is 4.74 Å². The molecule has 2 heterocycles. The van der Waals surface area contributed by atoms with Gasteiger partial charge in [0, 0.05) is 19.3 Å². The van der Waals surface area contributed by atoms with Gasteiger partial charge in [-0.1, -0.05) is 0 Å². The molecule has 0 spiro atoms. The van der Waals surface area contributed by atoms with Gasteiger partial charge in [-0.25, -0.2) is 10.0 Å². The van der Waals surface area contributed by atoms with E-state index in [1.165, 1.54) is 0 Å². The van der Waals surface area contributed by atoms with E-state index in [1.54, 1.807) is 0 Å². The molecule has 1 saturated heterocycles. The first-order valence-corrected chi connectivity index (χ1v) is 4.24. The van der Waals surface area contributed by atoms with Crippen LogP contribution in [0, 0.1) is 0 Å². The van der Waals surface area contributed by atoms with Gasteiger partial charge in [0.1, 0.15) is 6.34 Å². The standard InChI is InChI=1S/C8H13N3O/c1-2-9-8-11(3-1)10-4-6-12-7-5-10/h1-2,8H,3-7H2. The van der Waals surface area contributed by atoms with Crippen LogP contribution < -0.4 is 0 Å². The largest absolute Gasteiger partial charge is 0.379 e. The first kappa shape index (κ1) is 7.76. The van der Waals surface area contributed by atoms with Crippen LogP contribution in [-0.2, 0) is 4.74 Å². The highest BCUT2D eigenvalue weighted by Crippen LogP contribution is 2.03. The van der Waals surface area contributed by atoms with Crippen molar-refractivity contribution in [1.29, 1.82) is 0 Å². The van der Waals surface area contributed by atoms with Crippen LogP contribution in [0.25, 0.3) is 0 Å². The van der Waals surface area contributed by atoms with Gasteiger partial charge in [0.25, 0.3) is 0 Å². The number of hydrogen-bond acceptors (Lipinski definition) is 4. The highest BCUT2D eigenvalue weighted by atomic mass is 16.5. The van der Waals surface area contributed by atoms with Gasteiger partial charge in [-0.05, 0) is 6.08 Å². The van der Waals surface area contributed by atoms with Gasteiger partial charge in [0.2, 0.25) is 0 Å². The molecule has 0 bridgehead atoms.